The number of piperidine rings is 1. The average Bonchev–Trinajstić information content (AvgIpc) is 3.17. The Morgan fingerprint density at radius 1 is 1.04 bits per heavy atom. The van der Waals surface area contributed by atoms with Gasteiger partial charge < -0.3 is 9.73 Å². The van der Waals surface area contributed by atoms with Crippen molar-refractivity contribution in [2.45, 2.75) is 36.6 Å². The van der Waals surface area contributed by atoms with Crippen LogP contribution in [0.15, 0.2) is 52.0 Å². The van der Waals surface area contributed by atoms with Crippen molar-refractivity contribution in [3.05, 3.63) is 53.8 Å². The van der Waals surface area contributed by atoms with Crippen molar-refractivity contribution in [1.29, 1.82) is 0 Å². The summed E-state index contributed by atoms with van der Waals surface area (Å²) >= 11 is 0. The first-order chi connectivity index (χ1) is 13.2. The number of alkyl halides is 3. The molecule has 0 bridgehead atoms. The molecule has 10 heteroatoms. The molecule has 1 aliphatic rings. The van der Waals surface area contributed by atoms with Gasteiger partial charge in [-0.05, 0) is 30.5 Å². The van der Waals surface area contributed by atoms with Crippen molar-refractivity contribution < 1.29 is 30.8 Å². The molecule has 1 unspecified atom stereocenters. The topological polar surface area (TPSA) is 79.6 Å². The van der Waals surface area contributed by atoms with E-state index in [0.717, 1.165) is 31.4 Å². The number of sulfonamides is 1. The number of furan rings is 1. The highest BCUT2D eigenvalue weighted by Gasteiger charge is 2.42. The lowest BCUT2D eigenvalue weighted by molar-refractivity contribution is -0.155. The quantitative estimate of drug-likeness (QED) is 0.809. The highest BCUT2D eigenvalue weighted by Crippen LogP contribution is 2.33. The first-order valence-corrected chi connectivity index (χ1v) is 10.2. The minimum absolute atomic E-state index is 0.143. The Kier molecular flexibility index (Phi) is 5.80. The summed E-state index contributed by atoms with van der Waals surface area (Å²) in [5.74, 6) is -1.65. The molecular formula is C18H19F3N2O4S. The van der Waals surface area contributed by atoms with Gasteiger partial charge in [0.2, 0.25) is 5.09 Å². The highest BCUT2D eigenvalue weighted by atomic mass is 32.2. The summed E-state index contributed by atoms with van der Waals surface area (Å²) in [6.07, 6.45) is -2.36. The third kappa shape index (κ3) is 4.39. The molecule has 0 spiro atoms. The zero-order chi connectivity index (χ0) is 20.4. The Labute approximate surface area is 160 Å². The Bertz CT molecular complexity index is 920. The predicted molar refractivity (Wildman–Crippen MR) is 94.0 cm³/mol. The van der Waals surface area contributed by atoms with Gasteiger partial charge in [-0.1, -0.05) is 36.8 Å². The summed E-state index contributed by atoms with van der Waals surface area (Å²) in [5.41, 5.74) is -0.143. The molecule has 1 aromatic carbocycles. The highest BCUT2D eigenvalue weighted by molar-refractivity contribution is 7.89. The van der Waals surface area contributed by atoms with Crippen LogP contribution in [-0.2, 0) is 10.0 Å². The molecule has 2 aromatic rings. The van der Waals surface area contributed by atoms with Crippen LogP contribution in [0.2, 0.25) is 0 Å². The predicted octanol–water partition coefficient (Wildman–Crippen LogP) is 3.49. The summed E-state index contributed by atoms with van der Waals surface area (Å²) < 4.78 is 71.6. The minimum atomic E-state index is -4.73. The Morgan fingerprint density at radius 3 is 2.29 bits per heavy atom. The lowest BCUT2D eigenvalue weighted by Crippen LogP contribution is -2.38. The molecule has 152 valence electrons. The lowest BCUT2D eigenvalue weighted by atomic mass is 10.1. The number of nitrogens with one attached hydrogen (secondary N) is 1. The molecule has 1 fully saturated rings. The molecule has 1 amide bonds. The molecule has 1 atom stereocenters. The van der Waals surface area contributed by atoms with Crippen LogP contribution in [0.25, 0.3) is 0 Å². The molecule has 0 radical (unpaired) electrons. The monoisotopic (exact) mass is 416 g/mol. The van der Waals surface area contributed by atoms with Crippen molar-refractivity contribution in [3.8, 4) is 0 Å². The van der Waals surface area contributed by atoms with Crippen LogP contribution in [0.3, 0.4) is 0 Å². The van der Waals surface area contributed by atoms with Gasteiger partial charge in [-0.25, -0.2) is 8.42 Å². The zero-order valence-electron chi connectivity index (χ0n) is 14.8. The van der Waals surface area contributed by atoms with Gasteiger partial charge in [0.1, 0.15) is 0 Å². The fourth-order valence-electron chi connectivity index (χ4n) is 3.02. The van der Waals surface area contributed by atoms with Crippen molar-refractivity contribution >= 4 is 15.9 Å². The van der Waals surface area contributed by atoms with Crippen LogP contribution in [0.5, 0.6) is 0 Å². The van der Waals surface area contributed by atoms with Crippen LogP contribution in [0.1, 0.15) is 41.4 Å². The molecule has 0 aliphatic carbocycles. The molecule has 1 aliphatic heterocycles. The second-order valence-corrected chi connectivity index (χ2v) is 8.31. The minimum Gasteiger partial charge on any atom is -0.438 e. The number of carbonyl (C=O) groups is 1. The number of hydrogen-bond acceptors (Lipinski definition) is 4. The van der Waals surface area contributed by atoms with Crippen LogP contribution in [-0.4, -0.2) is 37.9 Å². The van der Waals surface area contributed by atoms with Crippen molar-refractivity contribution in [1.82, 2.24) is 9.62 Å². The van der Waals surface area contributed by atoms with Gasteiger partial charge in [-0.2, -0.15) is 17.5 Å². The van der Waals surface area contributed by atoms with E-state index in [1.165, 1.54) is 28.6 Å². The summed E-state index contributed by atoms with van der Waals surface area (Å²) in [6, 6.07) is 6.80. The second kappa shape index (κ2) is 7.96. The van der Waals surface area contributed by atoms with E-state index in [1.807, 2.05) is 5.32 Å². The van der Waals surface area contributed by atoms with Crippen LogP contribution in [0, 0.1) is 0 Å². The standard InChI is InChI=1S/C18H19F3N2O4S/c19-18(20,21)16(13-7-3-1-4-8-13)22-17(24)14-9-10-15(27-14)28(25,26)23-11-5-2-6-12-23/h1,3-4,7-10,16H,2,5-6,11-12H2,(H,22,24). The van der Waals surface area contributed by atoms with Gasteiger partial charge in [0, 0.05) is 13.1 Å². The van der Waals surface area contributed by atoms with Crippen LogP contribution in [0.4, 0.5) is 13.2 Å². The Balaban J connectivity index is 1.79. The van der Waals surface area contributed by atoms with E-state index >= 15 is 0 Å². The largest absolute Gasteiger partial charge is 0.438 e. The molecule has 2 heterocycles. The molecule has 1 aromatic heterocycles. The van der Waals surface area contributed by atoms with Crippen molar-refractivity contribution in [2.24, 2.45) is 0 Å². The van der Waals surface area contributed by atoms with Gasteiger partial charge in [-0.3, -0.25) is 4.79 Å². The van der Waals surface area contributed by atoms with Crippen molar-refractivity contribution in [3.63, 3.8) is 0 Å². The number of amides is 1. The molecule has 6 nitrogen and oxygen atoms in total. The SMILES string of the molecule is O=C(NC(c1ccccc1)C(F)(F)F)c1ccc(S(=O)(=O)N2CCCCC2)o1. The van der Waals surface area contributed by atoms with E-state index in [0.29, 0.717) is 13.1 Å². The molecular weight excluding hydrogens is 397 g/mol. The number of hydrogen-bond donors (Lipinski definition) is 1. The van der Waals surface area contributed by atoms with Gasteiger partial charge in [0.05, 0.1) is 0 Å². The summed E-state index contributed by atoms with van der Waals surface area (Å²) in [6.45, 7) is 0.684. The fraction of sp³-hybridized carbons (Fsp3) is 0.389. The molecule has 0 saturated carbocycles. The maximum atomic E-state index is 13.4. The van der Waals surface area contributed by atoms with E-state index in [4.69, 9.17) is 4.42 Å². The average molecular weight is 416 g/mol. The normalized spacial score (nSPS) is 17.2. The van der Waals surface area contributed by atoms with Gasteiger partial charge >= 0.3 is 6.18 Å². The van der Waals surface area contributed by atoms with Gasteiger partial charge in [-0.15, -0.1) is 0 Å². The maximum absolute atomic E-state index is 13.4. The van der Waals surface area contributed by atoms with E-state index in [9.17, 15) is 26.4 Å². The van der Waals surface area contributed by atoms with Crippen LogP contribution >= 0.6 is 0 Å². The van der Waals surface area contributed by atoms with Crippen molar-refractivity contribution in [2.75, 3.05) is 13.1 Å². The zero-order valence-corrected chi connectivity index (χ0v) is 15.6. The summed E-state index contributed by atoms with van der Waals surface area (Å²) in [5, 5.41) is 1.41. The first-order valence-electron chi connectivity index (χ1n) is 8.72. The lowest BCUT2D eigenvalue weighted by Gasteiger charge is -2.24. The molecule has 28 heavy (non-hydrogen) atoms. The van der Waals surface area contributed by atoms with E-state index < -0.39 is 39.0 Å². The first kappa shape index (κ1) is 20.4. The Morgan fingerprint density at radius 2 is 1.68 bits per heavy atom. The van der Waals surface area contributed by atoms with Gasteiger partial charge in [0.15, 0.2) is 11.8 Å². The van der Waals surface area contributed by atoms with E-state index in [1.54, 1.807) is 6.07 Å². The smallest absolute Gasteiger partial charge is 0.412 e. The third-order valence-corrected chi connectivity index (χ3v) is 6.22. The third-order valence-electron chi connectivity index (χ3n) is 4.45. The molecule has 3 rings (SSSR count). The number of nitrogens with zero attached hydrogens (tertiary/aromatic N) is 1. The summed E-state index contributed by atoms with van der Waals surface area (Å²) in [4.78, 5) is 12.3. The van der Waals surface area contributed by atoms with Gasteiger partial charge in [0.25, 0.3) is 15.9 Å². The van der Waals surface area contributed by atoms with Crippen LogP contribution < -0.4 is 5.32 Å². The number of benzene rings is 1. The Hall–Kier alpha value is -2.33. The molecule has 1 saturated heterocycles. The van der Waals surface area contributed by atoms with E-state index in [2.05, 4.69) is 0 Å². The maximum Gasteiger partial charge on any atom is 0.412 e. The molecule has 1 N–H and O–H groups in total. The summed E-state index contributed by atoms with van der Waals surface area (Å²) in [7, 11) is -3.92. The van der Waals surface area contributed by atoms with E-state index in [-0.39, 0.29) is 5.56 Å². The number of rotatable bonds is 5. The number of halogens is 3. The fourth-order valence-corrected chi connectivity index (χ4v) is 4.44. The number of carbonyl (C=O) groups excluding carboxylic acids is 1. The second-order valence-electron chi connectivity index (χ2n) is 6.44.